The molecule has 0 saturated carbocycles. The Bertz CT molecular complexity index is 1200. The van der Waals surface area contributed by atoms with Gasteiger partial charge in [0.25, 0.3) is 0 Å². The molecular formula is C30H38O13. The van der Waals surface area contributed by atoms with Crippen molar-refractivity contribution in [1.29, 1.82) is 0 Å². The van der Waals surface area contributed by atoms with E-state index in [9.17, 15) is 29.1 Å². The predicted molar refractivity (Wildman–Crippen MR) is 148 cm³/mol. The third-order valence-electron chi connectivity index (χ3n) is 6.08. The number of carbonyl (C=O) groups is 5. The lowest BCUT2D eigenvalue weighted by atomic mass is 9.98. The minimum atomic E-state index is -1.43. The molecule has 43 heavy (non-hydrogen) atoms. The van der Waals surface area contributed by atoms with Crippen molar-refractivity contribution < 1.29 is 62.2 Å². The molecule has 1 heterocycles. The van der Waals surface area contributed by atoms with Crippen molar-refractivity contribution in [1.82, 2.24) is 0 Å². The van der Waals surface area contributed by atoms with Gasteiger partial charge in [-0.3, -0.25) is 19.2 Å². The summed E-state index contributed by atoms with van der Waals surface area (Å²) in [6.45, 7) is 10.8. The minimum Gasteiger partial charge on any atom is -0.461 e. The highest BCUT2D eigenvalue weighted by Gasteiger charge is 2.53. The number of ether oxygens (including phenoxy) is 7. The third kappa shape index (κ3) is 11.5. The van der Waals surface area contributed by atoms with E-state index in [0.29, 0.717) is 12.8 Å². The molecule has 6 atom stereocenters. The highest BCUT2D eigenvalue weighted by atomic mass is 16.7. The Morgan fingerprint density at radius 1 is 0.860 bits per heavy atom. The molecule has 1 aromatic carbocycles. The monoisotopic (exact) mass is 606 g/mol. The van der Waals surface area contributed by atoms with Crippen LogP contribution in [0.2, 0.25) is 0 Å². The van der Waals surface area contributed by atoms with Crippen molar-refractivity contribution in [3.63, 3.8) is 0 Å². The molecule has 0 unspecified atom stereocenters. The highest BCUT2D eigenvalue weighted by molar-refractivity contribution is 5.87. The van der Waals surface area contributed by atoms with Crippen LogP contribution in [0.1, 0.15) is 54.4 Å². The largest absolute Gasteiger partial charge is 0.461 e. The summed E-state index contributed by atoms with van der Waals surface area (Å²) in [5.74, 6) is -3.12. The Morgan fingerprint density at radius 2 is 1.40 bits per heavy atom. The number of hydrogen-bond acceptors (Lipinski definition) is 13. The van der Waals surface area contributed by atoms with Gasteiger partial charge in [0.2, 0.25) is 12.4 Å². The summed E-state index contributed by atoms with van der Waals surface area (Å²) in [5, 5.41) is 10.1. The zero-order valence-electron chi connectivity index (χ0n) is 25.0. The second kappa shape index (κ2) is 15.8. The van der Waals surface area contributed by atoms with Crippen molar-refractivity contribution in [3.8, 4) is 11.5 Å². The van der Waals surface area contributed by atoms with E-state index in [4.69, 9.17) is 33.2 Å². The average molecular weight is 607 g/mol. The molecule has 0 amide bonds. The Kier molecular flexibility index (Phi) is 12.9. The molecule has 13 nitrogen and oxygen atoms in total. The maximum Gasteiger partial charge on any atom is 0.333 e. The van der Waals surface area contributed by atoms with Gasteiger partial charge in [0.1, 0.15) is 24.2 Å². The first-order valence-corrected chi connectivity index (χ1v) is 13.4. The summed E-state index contributed by atoms with van der Waals surface area (Å²) in [7, 11) is 0. The quantitative estimate of drug-likeness (QED) is 0.114. The second-order valence-electron chi connectivity index (χ2n) is 10.0. The van der Waals surface area contributed by atoms with E-state index >= 15 is 0 Å². The first-order valence-electron chi connectivity index (χ1n) is 13.4. The lowest BCUT2D eigenvalue weighted by molar-refractivity contribution is -0.288. The molecule has 0 radical (unpaired) electrons. The number of aliphatic hydroxyl groups is 1. The molecule has 1 N–H and O–H groups in total. The molecule has 1 aliphatic rings. The summed E-state index contributed by atoms with van der Waals surface area (Å²) in [5.41, 5.74) is -0.858. The smallest absolute Gasteiger partial charge is 0.333 e. The lowest BCUT2D eigenvalue weighted by Crippen LogP contribution is -2.63. The Hall–Kier alpha value is -4.23. The zero-order chi connectivity index (χ0) is 32.3. The maximum absolute atomic E-state index is 12.7. The minimum absolute atomic E-state index is 0.190. The van der Waals surface area contributed by atoms with Crippen LogP contribution in [0.5, 0.6) is 11.5 Å². The first-order chi connectivity index (χ1) is 20.1. The Morgan fingerprint density at radius 3 is 1.93 bits per heavy atom. The van der Waals surface area contributed by atoms with Gasteiger partial charge in [-0.15, -0.1) is 6.58 Å². The number of benzene rings is 1. The van der Waals surface area contributed by atoms with Gasteiger partial charge in [0.15, 0.2) is 12.2 Å². The van der Waals surface area contributed by atoms with E-state index < -0.39 is 72.8 Å². The number of rotatable bonds is 13. The van der Waals surface area contributed by atoms with Crippen LogP contribution in [0, 0.1) is 0 Å². The van der Waals surface area contributed by atoms with Crippen molar-refractivity contribution in [2.24, 2.45) is 0 Å². The molecular weight excluding hydrogens is 568 g/mol. The van der Waals surface area contributed by atoms with E-state index in [2.05, 4.69) is 6.58 Å². The summed E-state index contributed by atoms with van der Waals surface area (Å²) in [4.78, 5) is 60.1. The molecule has 236 valence electrons. The van der Waals surface area contributed by atoms with E-state index in [-0.39, 0.29) is 17.1 Å². The molecule has 0 bridgehead atoms. The van der Waals surface area contributed by atoms with Gasteiger partial charge >= 0.3 is 29.8 Å². The fourth-order valence-electron chi connectivity index (χ4n) is 4.01. The standard InChI is InChI=1S/C30H38O13/c1-8-30(7,36)15-9-10-17(2)28(35)37-16-24-25(39-19(4)32)26(40-20(5)33)27(41-21(6)34)29(43-24)42-23-13-11-22(12-14-23)38-18(3)31/h8,10-14,24-27,29,36H,1,9,15-16H2,2-7H3/t24-,25-,26+,27-,29-,30+/m1/s1. The second-order valence-corrected chi connectivity index (χ2v) is 10.0. The molecule has 1 aliphatic heterocycles. The van der Waals surface area contributed by atoms with Gasteiger partial charge in [-0.2, -0.15) is 0 Å². The normalized spacial score (nSPS) is 23.1. The molecule has 1 saturated heterocycles. The van der Waals surface area contributed by atoms with Gasteiger partial charge in [-0.25, -0.2) is 4.79 Å². The number of carbonyl (C=O) groups excluding carboxylic acids is 5. The number of hydrogen-bond donors (Lipinski definition) is 1. The van der Waals surface area contributed by atoms with Crippen LogP contribution >= 0.6 is 0 Å². The van der Waals surface area contributed by atoms with Crippen LogP contribution in [-0.2, 0) is 47.7 Å². The number of esters is 5. The summed E-state index contributed by atoms with van der Waals surface area (Å²) in [6.07, 6.45) is -3.17. The van der Waals surface area contributed by atoms with Crippen molar-refractivity contribution in [3.05, 3.63) is 48.6 Å². The average Bonchev–Trinajstić information content (AvgIpc) is 2.90. The van der Waals surface area contributed by atoms with Crippen molar-refractivity contribution >= 4 is 29.8 Å². The van der Waals surface area contributed by atoms with Crippen molar-refractivity contribution in [2.45, 2.75) is 90.7 Å². The SMILES string of the molecule is C=C[C@](C)(O)CCC=C(C)C(=O)OC[C@H]1O[C@@H](Oc2ccc(OC(C)=O)cc2)[C@H](OC(C)=O)[C@@H](OC(C)=O)[C@@H]1OC(C)=O. The zero-order valence-corrected chi connectivity index (χ0v) is 25.0. The molecule has 0 aromatic heterocycles. The van der Waals surface area contributed by atoms with Crippen LogP contribution in [-0.4, -0.2) is 77.9 Å². The van der Waals surface area contributed by atoms with E-state index in [0.717, 1.165) is 20.8 Å². The van der Waals surface area contributed by atoms with E-state index in [1.165, 1.54) is 44.2 Å². The topological polar surface area (TPSA) is 170 Å². The lowest BCUT2D eigenvalue weighted by Gasteiger charge is -2.43. The Labute approximate surface area is 249 Å². The summed E-state index contributed by atoms with van der Waals surface area (Å²) < 4.78 is 38.6. The van der Waals surface area contributed by atoms with Gasteiger partial charge in [0.05, 0.1) is 5.60 Å². The van der Waals surface area contributed by atoms with Gasteiger partial charge in [-0.1, -0.05) is 12.2 Å². The van der Waals surface area contributed by atoms with Crippen LogP contribution in [0.25, 0.3) is 0 Å². The van der Waals surface area contributed by atoms with Crippen LogP contribution in [0.4, 0.5) is 0 Å². The van der Waals surface area contributed by atoms with Gasteiger partial charge in [-0.05, 0) is 51.0 Å². The Balaban J connectivity index is 2.35. The van der Waals surface area contributed by atoms with E-state index in [1.807, 2.05) is 0 Å². The molecule has 1 fully saturated rings. The fraction of sp³-hybridized carbons (Fsp3) is 0.500. The summed E-state index contributed by atoms with van der Waals surface area (Å²) in [6, 6.07) is 5.82. The predicted octanol–water partition coefficient (Wildman–Crippen LogP) is 2.72. The van der Waals surface area contributed by atoms with Crippen molar-refractivity contribution in [2.75, 3.05) is 6.61 Å². The molecule has 2 rings (SSSR count). The first kappa shape index (κ1) is 35.0. The highest BCUT2D eigenvalue weighted by Crippen LogP contribution is 2.31. The molecule has 13 heteroatoms. The molecule has 1 aromatic rings. The van der Waals surface area contributed by atoms with E-state index in [1.54, 1.807) is 13.0 Å². The summed E-state index contributed by atoms with van der Waals surface area (Å²) >= 11 is 0. The van der Waals surface area contributed by atoms with Gasteiger partial charge < -0.3 is 38.3 Å². The van der Waals surface area contributed by atoms with Crippen LogP contribution in [0.3, 0.4) is 0 Å². The third-order valence-corrected chi connectivity index (χ3v) is 6.08. The molecule has 0 aliphatic carbocycles. The number of allylic oxidation sites excluding steroid dienone is 1. The molecule has 0 spiro atoms. The maximum atomic E-state index is 12.7. The van der Waals surface area contributed by atoms with Crippen LogP contribution < -0.4 is 9.47 Å². The van der Waals surface area contributed by atoms with Gasteiger partial charge in [0, 0.05) is 33.3 Å². The fourth-order valence-corrected chi connectivity index (χ4v) is 4.01. The van der Waals surface area contributed by atoms with Crippen LogP contribution in [0.15, 0.2) is 48.6 Å².